The zero-order valence-corrected chi connectivity index (χ0v) is 18.4. The number of hydrogen-bond donors (Lipinski definition) is 0. The molecule has 31 heavy (non-hydrogen) atoms. The number of fused-ring (bicyclic) bond motifs is 2. The second-order valence-corrected chi connectivity index (χ2v) is 9.47. The highest BCUT2D eigenvalue weighted by atomic mass is 32.2. The smallest absolute Gasteiger partial charge is 0.269 e. The van der Waals surface area contributed by atoms with Crippen molar-refractivity contribution in [2.45, 2.75) is 31.2 Å². The van der Waals surface area contributed by atoms with Gasteiger partial charge in [0.15, 0.2) is 0 Å². The molecule has 1 saturated heterocycles. The average Bonchev–Trinajstić information content (AvgIpc) is 3.26. The zero-order chi connectivity index (χ0) is 21.6. The Bertz CT molecular complexity index is 1140. The van der Waals surface area contributed by atoms with E-state index in [1.807, 2.05) is 71.6 Å². The highest BCUT2D eigenvalue weighted by Gasteiger charge is 2.60. The van der Waals surface area contributed by atoms with Gasteiger partial charge in [-0.3, -0.25) is 14.5 Å². The Morgan fingerprint density at radius 3 is 2.29 bits per heavy atom. The van der Waals surface area contributed by atoms with Crippen molar-refractivity contribution in [1.82, 2.24) is 0 Å². The van der Waals surface area contributed by atoms with Crippen LogP contribution in [0, 0.1) is 0 Å². The van der Waals surface area contributed by atoms with Crippen molar-refractivity contribution in [2.75, 3.05) is 15.6 Å². The molecule has 0 bridgehead atoms. The second-order valence-electron chi connectivity index (χ2n) is 8.30. The molecule has 0 N–H and O–H groups in total. The SMILES string of the molecule is CC(C)c1ccc(N2C(=O)CS[C@]23C(=O)N(Cc2ccccc2)c2ccccc23)cc1. The molecule has 1 atom stereocenters. The molecule has 2 aliphatic heterocycles. The molecule has 0 aliphatic carbocycles. The standard InChI is InChI=1S/C26H24N2O2S/c1-18(2)20-12-14-21(15-13-20)28-24(29)17-31-26(28)22-10-6-7-11-23(22)27(25(26)30)16-19-8-4-3-5-9-19/h3-15,18H,16-17H2,1-2H3/t26-/m1/s1. The van der Waals surface area contributed by atoms with Gasteiger partial charge in [0, 0.05) is 11.3 Å². The van der Waals surface area contributed by atoms with E-state index in [1.165, 1.54) is 17.3 Å². The topological polar surface area (TPSA) is 40.6 Å². The van der Waals surface area contributed by atoms with Crippen molar-refractivity contribution in [2.24, 2.45) is 0 Å². The molecule has 2 aliphatic rings. The lowest BCUT2D eigenvalue weighted by Crippen LogP contribution is -2.49. The van der Waals surface area contributed by atoms with Crippen molar-refractivity contribution in [3.8, 4) is 0 Å². The van der Waals surface area contributed by atoms with Crippen LogP contribution in [0.1, 0.15) is 36.5 Å². The van der Waals surface area contributed by atoms with E-state index < -0.39 is 4.87 Å². The van der Waals surface area contributed by atoms with Gasteiger partial charge >= 0.3 is 0 Å². The maximum absolute atomic E-state index is 14.0. The van der Waals surface area contributed by atoms with Gasteiger partial charge in [0.1, 0.15) is 0 Å². The molecular formula is C26H24N2O2S. The molecule has 5 rings (SSSR count). The van der Waals surface area contributed by atoms with Crippen LogP contribution < -0.4 is 9.80 Å². The van der Waals surface area contributed by atoms with Gasteiger partial charge in [-0.1, -0.05) is 74.5 Å². The van der Waals surface area contributed by atoms with E-state index >= 15 is 0 Å². The molecule has 3 aromatic carbocycles. The lowest BCUT2D eigenvalue weighted by molar-refractivity contribution is -0.123. The summed E-state index contributed by atoms with van der Waals surface area (Å²) in [5.41, 5.74) is 4.80. The molecule has 1 fully saturated rings. The maximum Gasteiger partial charge on any atom is 0.269 e. The first kappa shape index (κ1) is 19.9. The van der Waals surface area contributed by atoms with Crippen molar-refractivity contribution >= 4 is 35.0 Å². The van der Waals surface area contributed by atoms with Crippen LogP contribution in [0.25, 0.3) is 0 Å². The Morgan fingerprint density at radius 1 is 0.903 bits per heavy atom. The summed E-state index contributed by atoms with van der Waals surface area (Å²) in [6.07, 6.45) is 0. The summed E-state index contributed by atoms with van der Waals surface area (Å²) in [4.78, 5) is 29.6. The van der Waals surface area contributed by atoms with Gasteiger partial charge in [0.05, 0.1) is 18.0 Å². The van der Waals surface area contributed by atoms with E-state index in [0.717, 1.165) is 22.5 Å². The van der Waals surface area contributed by atoms with Crippen LogP contribution in [-0.4, -0.2) is 17.6 Å². The zero-order valence-electron chi connectivity index (χ0n) is 17.6. The fourth-order valence-corrected chi connectivity index (χ4v) is 5.85. The third kappa shape index (κ3) is 3.07. The molecule has 0 aromatic heterocycles. The Hall–Kier alpha value is -3.05. The van der Waals surface area contributed by atoms with Crippen molar-refractivity contribution in [1.29, 1.82) is 0 Å². The van der Waals surface area contributed by atoms with Gasteiger partial charge in [-0.2, -0.15) is 0 Å². The van der Waals surface area contributed by atoms with E-state index in [-0.39, 0.29) is 17.6 Å². The van der Waals surface area contributed by atoms with E-state index in [2.05, 4.69) is 26.0 Å². The fraction of sp³-hybridized carbons (Fsp3) is 0.231. The summed E-state index contributed by atoms with van der Waals surface area (Å²) in [6.45, 7) is 4.77. The Labute approximate surface area is 186 Å². The second kappa shape index (κ2) is 7.57. The van der Waals surface area contributed by atoms with E-state index in [0.29, 0.717) is 12.5 Å². The van der Waals surface area contributed by atoms with E-state index in [9.17, 15) is 9.59 Å². The maximum atomic E-state index is 14.0. The predicted octanol–water partition coefficient (Wildman–Crippen LogP) is 5.29. The molecular weight excluding hydrogens is 404 g/mol. The van der Waals surface area contributed by atoms with E-state index in [1.54, 1.807) is 4.90 Å². The van der Waals surface area contributed by atoms with Crippen LogP contribution >= 0.6 is 11.8 Å². The molecule has 5 heteroatoms. The minimum absolute atomic E-state index is 0.0352. The van der Waals surface area contributed by atoms with Crippen LogP contribution in [0.15, 0.2) is 78.9 Å². The first-order valence-corrected chi connectivity index (χ1v) is 11.5. The van der Waals surface area contributed by atoms with Crippen LogP contribution in [0.3, 0.4) is 0 Å². The monoisotopic (exact) mass is 428 g/mol. The molecule has 2 heterocycles. The molecule has 1 spiro atoms. The Morgan fingerprint density at radius 2 is 1.58 bits per heavy atom. The van der Waals surface area contributed by atoms with Crippen LogP contribution in [0.4, 0.5) is 11.4 Å². The van der Waals surface area contributed by atoms with Gasteiger partial charge in [0.25, 0.3) is 5.91 Å². The number of para-hydroxylation sites is 1. The van der Waals surface area contributed by atoms with Crippen molar-refractivity contribution in [3.05, 3.63) is 95.6 Å². The molecule has 3 aromatic rings. The molecule has 0 unspecified atom stereocenters. The third-order valence-corrected chi connectivity index (χ3v) is 7.45. The summed E-state index contributed by atoms with van der Waals surface area (Å²) in [6, 6.07) is 25.9. The lowest BCUT2D eigenvalue weighted by atomic mass is 10.0. The summed E-state index contributed by atoms with van der Waals surface area (Å²) in [5.74, 6) is 0.598. The van der Waals surface area contributed by atoms with Gasteiger partial charge in [-0.25, -0.2) is 0 Å². The minimum atomic E-state index is -1.05. The van der Waals surface area contributed by atoms with Crippen LogP contribution in [-0.2, 0) is 21.0 Å². The van der Waals surface area contributed by atoms with Gasteiger partial charge in [0.2, 0.25) is 10.8 Å². The number of carbonyl (C=O) groups excluding carboxylic acids is 2. The predicted molar refractivity (Wildman–Crippen MR) is 126 cm³/mol. The van der Waals surface area contributed by atoms with E-state index in [4.69, 9.17) is 0 Å². The van der Waals surface area contributed by atoms with Crippen LogP contribution in [0.5, 0.6) is 0 Å². The van der Waals surface area contributed by atoms with Crippen LogP contribution in [0.2, 0.25) is 0 Å². The Balaban J connectivity index is 1.61. The van der Waals surface area contributed by atoms with Crippen molar-refractivity contribution in [3.63, 3.8) is 0 Å². The average molecular weight is 429 g/mol. The number of amides is 2. The molecule has 2 amide bonds. The lowest BCUT2D eigenvalue weighted by Gasteiger charge is -2.33. The summed E-state index contributed by atoms with van der Waals surface area (Å²) >= 11 is 1.42. The molecule has 4 nitrogen and oxygen atoms in total. The van der Waals surface area contributed by atoms with Gasteiger partial charge < -0.3 is 4.90 Å². The number of nitrogens with zero attached hydrogens (tertiary/aromatic N) is 2. The molecule has 0 saturated carbocycles. The fourth-order valence-electron chi connectivity index (χ4n) is 4.49. The molecule has 156 valence electrons. The normalized spacial score (nSPS) is 20.2. The largest absolute Gasteiger partial charge is 0.304 e. The number of carbonyl (C=O) groups is 2. The number of rotatable bonds is 4. The highest BCUT2D eigenvalue weighted by Crippen LogP contribution is 2.55. The van der Waals surface area contributed by atoms with Crippen molar-refractivity contribution < 1.29 is 9.59 Å². The summed E-state index contributed by atoms with van der Waals surface area (Å²) in [5, 5.41) is 0. The highest BCUT2D eigenvalue weighted by molar-refractivity contribution is 8.02. The summed E-state index contributed by atoms with van der Waals surface area (Å²) < 4.78 is 0. The van der Waals surface area contributed by atoms with Gasteiger partial charge in [-0.05, 0) is 35.2 Å². The Kier molecular flexibility index (Phi) is 4.86. The number of thioether (sulfide) groups is 1. The first-order chi connectivity index (χ1) is 15.0. The first-order valence-electron chi connectivity index (χ1n) is 10.5. The summed E-state index contributed by atoms with van der Waals surface area (Å²) in [7, 11) is 0. The number of benzene rings is 3. The quantitative estimate of drug-likeness (QED) is 0.567. The van der Waals surface area contributed by atoms with Gasteiger partial charge in [-0.15, -0.1) is 11.8 Å². The minimum Gasteiger partial charge on any atom is -0.304 e. The third-order valence-electron chi connectivity index (χ3n) is 6.07. The molecule has 0 radical (unpaired) electrons. The number of anilines is 2. The number of hydrogen-bond acceptors (Lipinski definition) is 3.